The normalized spacial score (nSPS) is 11.9. The third-order valence-electron chi connectivity index (χ3n) is 4.62. The molecule has 0 unspecified atom stereocenters. The summed E-state index contributed by atoms with van der Waals surface area (Å²) in [7, 11) is 0. The van der Waals surface area contributed by atoms with Crippen molar-refractivity contribution in [3.63, 3.8) is 0 Å². The molecule has 2 amide bonds. The van der Waals surface area contributed by atoms with Crippen LogP contribution in [0.5, 0.6) is 0 Å². The number of nitrogens with zero attached hydrogens (tertiary/aromatic N) is 1. The molecule has 162 valence electrons. The molecule has 0 aliphatic heterocycles. The van der Waals surface area contributed by atoms with Crippen LogP contribution in [0.3, 0.4) is 0 Å². The second-order valence-corrected chi connectivity index (χ2v) is 8.75. The first kappa shape index (κ1) is 24.2. The Balaban J connectivity index is 2.03. The number of rotatable bonds is 10. The molecular weight excluding hydrogens is 423 g/mol. The van der Waals surface area contributed by atoms with Crippen LogP contribution in [0.2, 0.25) is 5.02 Å². The number of thioether (sulfide) groups is 1. The monoisotopic (exact) mass is 450 g/mol. The highest BCUT2D eigenvalue weighted by atomic mass is 35.5. The molecule has 2 aromatic carbocycles. The Hall–Kier alpha value is -2.05. The van der Waals surface area contributed by atoms with Gasteiger partial charge >= 0.3 is 0 Å². The Morgan fingerprint density at radius 3 is 2.43 bits per heavy atom. The molecule has 0 fully saturated rings. The summed E-state index contributed by atoms with van der Waals surface area (Å²) in [5, 5.41) is 3.21. The molecule has 0 aliphatic rings. The average molecular weight is 451 g/mol. The van der Waals surface area contributed by atoms with Crippen LogP contribution in [0.25, 0.3) is 0 Å². The summed E-state index contributed by atoms with van der Waals surface area (Å²) < 4.78 is 14.0. The number of carbonyl (C=O) groups is 2. The van der Waals surface area contributed by atoms with Crippen LogP contribution >= 0.6 is 23.4 Å². The summed E-state index contributed by atoms with van der Waals surface area (Å²) in [4.78, 5) is 27.1. The Morgan fingerprint density at radius 2 is 1.80 bits per heavy atom. The maximum atomic E-state index is 14.0. The van der Waals surface area contributed by atoms with Crippen molar-refractivity contribution in [1.29, 1.82) is 0 Å². The van der Waals surface area contributed by atoms with Crippen molar-refractivity contribution in [3.8, 4) is 0 Å². The van der Waals surface area contributed by atoms with Crippen molar-refractivity contribution in [1.82, 2.24) is 10.2 Å². The lowest BCUT2D eigenvalue weighted by molar-refractivity contribution is -0.138. The van der Waals surface area contributed by atoms with Crippen LogP contribution in [0.15, 0.2) is 48.5 Å². The number of benzene rings is 2. The second kappa shape index (κ2) is 12.0. The fourth-order valence-electron chi connectivity index (χ4n) is 2.97. The maximum Gasteiger partial charge on any atom is 0.242 e. The molecule has 0 aliphatic carbocycles. The van der Waals surface area contributed by atoms with E-state index in [0.29, 0.717) is 23.6 Å². The van der Waals surface area contributed by atoms with Gasteiger partial charge in [0.2, 0.25) is 11.8 Å². The second-order valence-electron chi connectivity index (χ2n) is 7.36. The van der Waals surface area contributed by atoms with Gasteiger partial charge in [-0.05, 0) is 44.9 Å². The van der Waals surface area contributed by atoms with Crippen molar-refractivity contribution in [2.75, 3.05) is 12.3 Å². The average Bonchev–Trinajstić information content (AvgIpc) is 2.70. The molecule has 0 saturated heterocycles. The first-order valence-electron chi connectivity index (χ1n) is 9.94. The first-order chi connectivity index (χ1) is 14.3. The van der Waals surface area contributed by atoms with Gasteiger partial charge < -0.3 is 10.2 Å². The lowest BCUT2D eigenvalue weighted by atomic mass is 10.1. The maximum absolute atomic E-state index is 14.0. The van der Waals surface area contributed by atoms with Crippen molar-refractivity contribution in [2.45, 2.75) is 45.0 Å². The quantitative estimate of drug-likeness (QED) is 0.571. The van der Waals surface area contributed by atoms with E-state index < -0.39 is 6.04 Å². The highest BCUT2D eigenvalue weighted by Crippen LogP contribution is 2.24. The number of amides is 2. The zero-order valence-electron chi connectivity index (χ0n) is 17.5. The Labute approximate surface area is 187 Å². The van der Waals surface area contributed by atoms with E-state index in [1.165, 1.54) is 17.8 Å². The highest BCUT2D eigenvalue weighted by molar-refractivity contribution is 7.99. The minimum absolute atomic E-state index is 0.0106. The van der Waals surface area contributed by atoms with Crippen LogP contribution in [-0.2, 0) is 21.8 Å². The third kappa shape index (κ3) is 7.33. The van der Waals surface area contributed by atoms with Crippen molar-refractivity contribution < 1.29 is 14.0 Å². The zero-order chi connectivity index (χ0) is 22.1. The number of hydrogen-bond acceptors (Lipinski definition) is 3. The molecule has 2 rings (SSSR count). The molecule has 0 saturated carbocycles. The van der Waals surface area contributed by atoms with Gasteiger partial charge in [0.1, 0.15) is 11.9 Å². The van der Waals surface area contributed by atoms with E-state index >= 15 is 0 Å². The summed E-state index contributed by atoms with van der Waals surface area (Å²) in [6, 6.07) is 13.8. The number of halogens is 2. The third-order valence-corrected chi connectivity index (χ3v) is 5.91. The number of hydrogen-bond donors (Lipinski definition) is 1. The largest absolute Gasteiger partial charge is 0.352 e. The van der Waals surface area contributed by atoms with Gasteiger partial charge in [0.25, 0.3) is 0 Å². The highest BCUT2D eigenvalue weighted by Gasteiger charge is 2.26. The lowest BCUT2D eigenvalue weighted by Crippen LogP contribution is -2.50. The van der Waals surface area contributed by atoms with Crippen LogP contribution < -0.4 is 5.32 Å². The van der Waals surface area contributed by atoms with Gasteiger partial charge in [-0.1, -0.05) is 48.0 Å². The summed E-state index contributed by atoms with van der Waals surface area (Å²) in [5.41, 5.74) is 1.48. The van der Waals surface area contributed by atoms with E-state index in [4.69, 9.17) is 11.6 Å². The summed E-state index contributed by atoms with van der Waals surface area (Å²) in [5.74, 6) is -0.300. The molecule has 0 aromatic heterocycles. The Morgan fingerprint density at radius 1 is 1.10 bits per heavy atom. The van der Waals surface area contributed by atoms with Gasteiger partial charge in [0.05, 0.1) is 5.75 Å². The molecule has 2 aromatic rings. The number of carbonyl (C=O) groups excluding carboxylic acids is 2. The van der Waals surface area contributed by atoms with Gasteiger partial charge in [-0.15, -0.1) is 11.8 Å². The smallest absolute Gasteiger partial charge is 0.242 e. The SMILES string of the molecule is CC(C)NC(=O)[C@@H](C)N(CCc1ccccc1)C(=O)CSCc1c(F)cccc1Cl. The van der Waals surface area contributed by atoms with Crippen molar-refractivity contribution in [2.24, 2.45) is 0 Å². The summed E-state index contributed by atoms with van der Waals surface area (Å²) in [6.45, 7) is 5.93. The topological polar surface area (TPSA) is 49.4 Å². The minimum atomic E-state index is -0.596. The molecule has 1 N–H and O–H groups in total. The molecule has 0 bridgehead atoms. The molecule has 0 heterocycles. The van der Waals surface area contributed by atoms with E-state index in [2.05, 4.69) is 5.32 Å². The lowest BCUT2D eigenvalue weighted by Gasteiger charge is -2.29. The Bertz CT molecular complexity index is 828. The molecule has 30 heavy (non-hydrogen) atoms. The van der Waals surface area contributed by atoms with Crippen molar-refractivity contribution >= 4 is 35.2 Å². The van der Waals surface area contributed by atoms with Crippen LogP contribution in [-0.4, -0.2) is 41.1 Å². The van der Waals surface area contributed by atoms with E-state index in [1.54, 1.807) is 24.0 Å². The Kier molecular flexibility index (Phi) is 9.66. The molecule has 7 heteroatoms. The van der Waals surface area contributed by atoms with Crippen LogP contribution in [0.4, 0.5) is 4.39 Å². The minimum Gasteiger partial charge on any atom is -0.352 e. The van der Waals surface area contributed by atoms with E-state index in [-0.39, 0.29) is 35.2 Å². The van der Waals surface area contributed by atoms with E-state index in [0.717, 1.165) is 5.56 Å². The van der Waals surface area contributed by atoms with Gasteiger partial charge in [-0.25, -0.2) is 4.39 Å². The molecule has 0 spiro atoms. The van der Waals surface area contributed by atoms with Gasteiger partial charge in [-0.3, -0.25) is 9.59 Å². The zero-order valence-corrected chi connectivity index (χ0v) is 19.1. The predicted octanol–water partition coefficient (Wildman–Crippen LogP) is 4.70. The van der Waals surface area contributed by atoms with Gasteiger partial charge in [0.15, 0.2) is 0 Å². The van der Waals surface area contributed by atoms with Crippen LogP contribution in [0, 0.1) is 5.82 Å². The fraction of sp³-hybridized carbons (Fsp3) is 0.391. The first-order valence-corrected chi connectivity index (χ1v) is 11.5. The molecule has 0 radical (unpaired) electrons. The van der Waals surface area contributed by atoms with Crippen LogP contribution in [0.1, 0.15) is 31.9 Å². The summed E-state index contributed by atoms with van der Waals surface area (Å²) in [6.07, 6.45) is 0.648. The standard InChI is InChI=1S/C23H28ClFN2O2S/c1-16(2)26-23(29)17(3)27(13-12-18-8-5-4-6-9-18)22(28)15-30-14-19-20(24)10-7-11-21(19)25/h4-11,16-17H,12-15H2,1-3H3,(H,26,29)/t17-/m1/s1. The van der Waals surface area contributed by atoms with E-state index in [1.807, 2.05) is 44.2 Å². The summed E-state index contributed by atoms with van der Waals surface area (Å²) >= 11 is 7.35. The fourth-order valence-corrected chi connectivity index (χ4v) is 4.22. The molecule has 4 nitrogen and oxygen atoms in total. The molecular formula is C23H28ClFN2O2S. The van der Waals surface area contributed by atoms with E-state index in [9.17, 15) is 14.0 Å². The molecule has 1 atom stereocenters. The number of nitrogens with one attached hydrogen (secondary N) is 1. The van der Waals surface area contributed by atoms with Gasteiger partial charge in [-0.2, -0.15) is 0 Å². The predicted molar refractivity (Wildman–Crippen MR) is 122 cm³/mol. The van der Waals surface area contributed by atoms with Gasteiger partial charge in [0, 0.05) is 28.9 Å². The van der Waals surface area contributed by atoms with Crippen molar-refractivity contribution in [3.05, 3.63) is 70.5 Å².